The van der Waals surface area contributed by atoms with E-state index in [0.29, 0.717) is 13.1 Å². The van der Waals surface area contributed by atoms with Crippen molar-refractivity contribution >= 4 is 11.8 Å². The lowest BCUT2D eigenvalue weighted by Crippen LogP contribution is -2.47. The van der Waals surface area contributed by atoms with Crippen molar-refractivity contribution in [3.05, 3.63) is 35.4 Å². The fraction of sp³-hybridized carbons (Fsp3) is 0.600. The Bertz CT molecular complexity index is 585. The summed E-state index contributed by atoms with van der Waals surface area (Å²) in [5.74, 6) is 0.320. The Labute approximate surface area is 145 Å². The number of rotatable bonds is 5. The largest absolute Gasteiger partial charge is 0.342 e. The highest BCUT2D eigenvalue weighted by molar-refractivity contribution is 5.82. The van der Waals surface area contributed by atoms with E-state index in [0.717, 1.165) is 25.8 Å². The van der Waals surface area contributed by atoms with E-state index in [1.54, 1.807) is 0 Å². The molecule has 0 unspecified atom stereocenters. The summed E-state index contributed by atoms with van der Waals surface area (Å²) in [5, 5.41) is 0. The summed E-state index contributed by atoms with van der Waals surface area (Å²) in [6.07, 6.45) is 2.64. The molecule has 0 spiro atoms. The number of hydrogen-bond acceptors (Lipinski definition) is 2. The molecule has 0 saturated carbocycles. The maximum atomic E-state index is 12.8. The van der Waals surface area contributed by atoms with Crippen molar-refractivity contribution in [1.29, 1.82) is 0 Å². The van der Waals surface area contributed by atoms with E-state index >= 15 is 0 Å². The van der Waals surface area contributed by atoms with Crippen molar-refractivity contribution in [2.24, 2.45) is 11.8 Å². The summed E-state index contributed by atoms with van der Waals surface area (Å²) in [5.41, 5.74) is 2.38. The van der Waals surface area contributed by atoms with Crippen LogP contribution < -0.4 is 0 Å². The SMILES string of the molecule is CC[C@H](C)C(=O)N1CCC[C@H](C(=O)N(C)Cc2ccccc2C)C1. The Morgan fingerprint density at radius 3 is 2.71 bits per heavy atom. The van der Waals surface area contributed by atoms with Gasteiger partial charge in [-0.25, -0.2) is 0 Å². The number of nitrogens with zero attached hydrogens (tertiary/aromatic N) is 2. The molecule has 0 N–H and O–H groups in total. The maximum Gasteiger partial charge on any atom is 0.227 e. The molecule has 0 aliphatic carbocycles. The summed E-state index contributed by atoms with van der Waals surface area (Å²) in [4.78, 5) is 28.9. The average Bonchev–Trinajstić information content (AvgIpc) is 2.61. The van der Waals surface area contributed by atoms with Crippen molar-refractivity contribution in [2.45, 2.75) is 46.6 Å². The molecule has 1 saturated heterocycles. The first-order chi connectivity index (χ1) is 11.4. The monoisotopic (exact) mass is 330 g/mol. The minimum absolute atomic E-state index is 0.0450. The third-order valence-corrected chi connectivity index (χ3v) is 5.16. The molecule has 132 valence electrons. The van der Waals surface area contributed by atoms with Crippen LogP contribution >= 0.6 is 0 Å². The minimum Gasteiger partial charge on any atom is -0.342 e. The van der Waals surface area contributed by atoms with Gasteiger partial charge in [0.2, 0.25) is 11.8 Å². The lowest BCUT2D eigenvalue weighted by molar-refractivity contribution is -0.142. The number of aryl methyl sites for hydroxylation is 1. The van der Waals surface area contributed by atoms with E-state index in [1.807, 2.05) is 42.8 Å². The van der Waals surface area contributed by atoms with E-state index in [-0.39, 0.29) is 23.7 Å². The van der Waals surface area contributed by atoms with Gasteiger partial charge in [-0.2, -0.15) is 0 Å². The smallest absolute Gasteiger partial charge is 0.227 e. The van der Waals surface area contributed by atoms with Crippen LogP contribution in [0, 0.1) is 18.8 Å². The van der Waals surface area contributed by atoms with Crippen molar-refractivity contribution in [3.8, 4) is 0 Å². The average molecular weight is 330 g/mol. The third kappa shape index (κ3) is 4.37. The molecule has 2 atom stereocenters. The molecule has 1 aromatic rings. The zero-order valence-electron chi connectivity index (χ0n) is 15.4. The van der Waals surface area contributed by atoms with Crippen LogP contribution in [0.15, 0.2) is 24.3 Å². The van der Waals surface area contributed by atoms with E-state index < -0.39 is 0 Å². The van der Waals surface area contributed by atoms with Crippen LogP contribution in [-0.4, -0.2) is 41.8 Å². The fourth-order valence-electron chi connectivity index (χ4n) is 3.30. The molecule has 0 bridgehead atoms. The van der Waals surface area contributed by atoms with E-state index in [4.69, 9.17) is 0 Å². The number of hydrogen-bond donors (Lipinski definition) is 0. The van der Waals surface area contributed by atoms with Gasteiger partial charge in [-0.15, -0.1) is 0 Å². The highest BCUT2D eigenvalue weighted by Gasteiger charge is 2.31. The predicted molar refractivity (Wildman–Crippen MR) is 96.4 cm³/mol. The Morgan fingerprint density at radius 1 is 1.33 bits per heavy atom. The zero-order valence-corrected chi connectivity index (χ0v) is 15.4. The second-order valence-electron chi connectivity index (χ2n) is 7.05. The van der Waals surface area contributed by atoms with Crippen LogP contribution in [0.2, 0.25) is 0 Å². The van der Waals surface area contributed by atoms with Crippen molar-refractivity contribution in [1.82, 2.24) is 9.80 Å². The number of amides is 2. The zero-order chi connectivity index (χ0) is 17.7. The van der Waals surface area contributed by atoms with Crippen LogP contribution in [0.1, 0.15) is 44.2 Å². The van der Waals surface area contributed by atoms with Gasteiger partial charge < -0.3 is 9.80 Å². The Kier molecular flexibility index (Phi) is 6.41. The minimum atomic E-state index is -0.0687. The van der Waals surface area contributed by atoms with Gasteiger partial charge in [0, 0.05) is 32.6 Å². The molecule has 2 amide bonds. The summed E-state index contributed by atoms with van der Waals surface area (Å²) < 4.78 is 0. The van der Waals surface area contributed by atoms with Crippen LogP contribution in [0.4, 0.5) is 0 Å². The van der Waals surface area contributed by atoms with Crippen LogP contribution in [-0.2, 0) is 16.1 Å². The Hall–Kier alpha value is -1.84. The number of carbonyl (C=O) groups is 2. The van der Waals surface area contributed by atoms with Gasteiger partial charge in [0.25, 0.3) is 0 Å². The molecular weight excluding hydrogens is 300 g/mol. The van der Waals surface area contributed by atoms with Gasteiger partial charge in [0.05, 0.1) is 5.92 Å². The number of likely N-dealkylation sites (tertiary alicyclic amines) is 1. The Balaban J connectivity index is 1.98. The fourth-order valence-corrected chi connectivity index (χ4v) is 3.30. The number of benzene rings is 1. The van der Waals surface area contributed by atoms with E-state index in [9.17, 15) is 9.59 Å². The molecule has 4 nitrogen and oxygen atoms in total. The summed E-state index contributed by atoms with van der Waals surface area (Å²) in [7, 11) is 1.87. The lowest BCUT2D eigenvalue weighted by atomic mass is 9.94. The van der Waals surface area contributed by atoms with Gasteiger partial charge in [-0.3, -0.25) is 9.59 Å². The molecule has 24 heavy (non-hydrogen) atoms. The topological polar surface area (TPSA) is 40.6 Å². The van der Waals surface area contributed by atoms with Gasteiger partial charge in [0.15, 0.2) is 0 Å². The first-order valence-electron chi connectivity index (χ1n) is 9.02. The maximum absolute atomic E-state index is 12.8. The molecule has 1 fully saturated rings. The lowest BCUT2D eigenvalue weighted by Gasteiger charge is -2.35. The first kappa shape index (κ1) is 18.5. The molecule has 2 rings (SSSR count). The summed E-state index contributed by atoms with van der Waals surface area (Å²) in [6, 6.07) is 8.16. The quantitative estimate of drug-likeness (QED) is 0.831. The van der Waals surface area contributed by atoms with Crippen molar-refractivity contribution in [3.63, 3.8) is 0 Å². The summed E-state index contributed by atoms with van der Waals surface area (Å²) >= 11 is 0. The van der Waals surface area contributed by atoms with Gasteiger partial charge in [-0.1, -0.05) is 38.1 Å². The molecule has 4 heteroatoms. The van der Waals surface area contributed by atoms with Crippen LogP contribution in [0.5, 0.6) is 0 Å². The van der Waals surface area contributed by atoms with Gasteiger partial charge in [0.1, 0.15) is 0 Å². The van der Waals surface area contributed by atoms with Crippen molar-refractivity contribution in [2.75, 3.05) is 20.1 Å². The molecular formula is C20H30N2O2. The summed E-state index contributed by atoms with van der Waals surface area (Å²) in [6.45, 7) is 8.06. The normalized spacial score (nSPS) is 19.0. The Morgan fingerprint density at radius 2 is 2.04 bits per heavy atom. The van der Waals surface area contributed by atoms with Crippen molar-refractivity contribution < 1.29 is 9.59 Å². The second-order valence-corrected chi connectivity index (χ2v) is 7.05. The molecule has 0 radical (unpaired) electrons. The number of piperidine rings is 1. The molecule has 1 aliphatic heterocycles. The number of carbonyl (C=O) groups excluding carboxylic acids is 2. The van der Waals surface area contributed by atoms with Gasteiger partial charge in [-0.05, 0) is 37.3 Å². The predicted octanol–water partition coefficient (Wildman–Crippen LogP) is 3.24. The highest BCUT2D eigenvalue weighted by atomic mass is 16.2. The molecule has 1 heterocycles. The molecule has 1 aromatic carbocycles. The van der Waals surface area contributed by atoms with E-state index in [2.05, 4.69) is 19.1 Å². The van der Waals surface area contributed by atoms with Gasteiger partial charge >= 0.3 is 0 Å². The highest BCUT2D eigenvalue weighted by Crippen LogP contribution is 2.22. The first-order valence-corrected chi connectivity index (χ1v) is 9.02. The standard InChI is InChI=1S/C20H30N2O2/c1-5-15(2)19(23)22-12-8-11-18(14-22)20(24)21(4)13-17-10-7-6-9-16(17)3/h6-7,9-10,15,18H,5,8,11-14H2,1-4H3/t15-,18-/m0/s1. The molecule has 1 aliphatic rings. The third-order valence-electron chi connectivity index (χ3n) is 5.16. The van der Waals surface area contributed by atoms with Crippen LogP contribution in [0.3, 0.4) is 0 Å². The van der Waals surface area contributed by atoms with E-state index in [1.165, 1.54) is 11.1 Å². The molecule has 0 aromatic heterocycles. The second kappa shape index (κ2) is 8.32. The van der Waals surface area contributed by atoms with Crippen LogP contribution in [0.25, 0.3) is 0 Å².